The third kappa shape index (κ3) is 5.41. The Morgan fingerprint density at radius 3 is 2.19 bits per heavy atom. The number of ether oxygens (including phenoxy) is 3. The highest BCUT2D eigenvalue weighted by Gasteiger charge is 2.20. The van der Waals surface area contributed by atoms with E-state index in [0.717, 1.165) is 5.56 Å². The van der Waals surface area contributed by atoms with E-state index < -0.39 is 12.1 Å². The van der Waals surface area contributed by atoms with E-state index >= 15 is 0 Å². The maximum absolute atomic E-state index is 12.3. The second kappa shape index (κ2) is 8.98. The minimum Gasteiger partial charge on any atom is -0.493 e. The van der Waals surface area contributed by atoms with Crippen LogP contribution in [0, 0.1) is 6.92 Å². The molecule has 0 saturated heterocycles. The molecule has 0 aliphatic carbocycles. The molecule has 0 aliphatic heterocycles. The molecule has 0 radical (unpaired) electrons. The summed E-state index contributed by atoms with van der Waals surface area (Å²) < 4.78 is 15.7. The van der Waals surface area contributed by atoms with E-state index in [9.17, 15) is 14.4 Å². The van der Waals surface area contributed by atoms with Crippen molar-refractivity contribution in [2.75, 3.05) is 13.7 Å². The van der Waals surface area contributed by atoms with E-state index in [1.54, 1.807) is 24.3 Å². The molecule has 0 fully saturated rings. The van der Waals surface area contributed by atoms with E-state index in [1.165, 1.54) is 27.0 Å². The van der Waals surface area contributed by atoms with Crippen LogP contribution < -0.4 is 9.47 Å². The van der Waals surface area contributed by atoms with Crippen molar-refractivity contribution in [3.8, 4) is 11.5 Å². The fraction of sp³-hybridized carbons (Fsp3) is 0.286. The summed E-state index contributed by atoms with van der Waals surface area (Å²) >= 11 is 0. The Bertz CT molecular complexity index is 838. The van der Waals surface area contributed by atoms with Gasteiger partial charge in [-0.05, 0) is 39.0 Å². The fourth-order valence-corrected chi connectivity index (χ4v) is 2.38. The lowest BCUT2D eigenvalue weighted by atomic mass is 10.1. The van der Waals surface area contributed by atoms with Crippen molar-refractivity contribution in [3.05, 3.63) is 59.2 Å². The van der Waals surface area contributed by atoms with Gasteiger partial charge in [-0.2, -0.15) is 0 Å². The molecular weight excluding hydrogens is 348 g/mol. The average Bonchev–Trinajstić information content (AvgIpc) is 2.66. The fourth-order valence-electron chi connectivity index (χ4n) is 2.38. The Balaban J connectivity index is 1.94. The van der Waals surface area contributed by atoms with Gasteiger partial charge in [0.2, 0.25) is 5.78 Å². The second-order valence-electron chi connectivity index (χ2n) is 6.07. The maximum atomic E-state index is 12.3. The van der Waals surface area contributed by atoms with Crippen molar-refractivity contribution in [1.29, 1.82) is 0 Å². The maximum Gasteiger partial charge on any atom is 0.344 e. The zero-order valence-electron chi connectivity index (χ0n) is 15.8. The molecule has 0 saturated carbocycles. The minimum absolute atomic E-state index is 0.109. The number of Topliss-reactive ketones (excluding diaryl/α,β-unsaturated/α-hetero) is 2. The van der Waals surface area contributed by atoms with Gasteiger partial charge in [0, 0.05) is 11.1 Å². The van der Waals surface area contributed by atoms with Crippen LogP contribution in [-0.4, -0.2) is 37.4 Å². The predicted octanol–water partition coefficient (Wildman–Crippen LogP) is 3.40. The summed E-state index contributed by atoms with van der Waals surface area (Å²) in [5, 5.41) is 0. The second-order valence-corrected chi connectivity index (χ2v) is 6.07. The first-order valence-electron chi connectivity index (χ1n) is 8.44. The van der Waals surface area contributed by atoms with Gasteiger partial charge < -0.3 is 14.2 Å². The quantitative estimate of drug-likeness (QED) is 0.523. The summed E-state index contributed by atoms with van der Waals surface area (Å²) in [5.74, 6) is -0.439. The van der Waals surface area contributed by atoms with Crippen LogP contribution in [0.2, 0.25) is 0 Å². The average molecular weight is 370 g/mol. The van der Waals surface area contributed by atoms with Gasteiger partial charge in [-0.15, -0.1) is 0 Å². The third-order valence-corrected chi connectivity index (χ3v) is 3.93. The molecule has 6 nitrogen and oxygen atoms in total. The van der Waals surface area contributed by atoms with Crippen LogP contribution >= 0.6 is 0 Å². The highest BCUT2D eigenvalue weighted by atomic mass is 16.6. The van der Waals surface area contributed by atoms with Gasteiger partial charge in [0.15, 0.2) is 30.0 Å². The smallest absolute Gasteiger partial charge is 0.344 e. The lowest BCUT2D eigenvalue weighted by molar-refractivity contribution is -0.148. The number of aryl methyl sites for hydroxylation is 1. The molecule has 0 spiro atoms. The number of carbonyl (C=O) groups is 3. The molecule has 0 unspecified atom stereocenters. The summed E-state index contributed by atoms with van der Waals surface area (Å²) in [5.41, 5.74) is 1.98. The number of carbonyl (C=O) groups excluding carboxylic acids is 3. The number of rotatable bonds is 8. The topological polar surface area (TPSA) is 78.9 Å². The number of hydrogen-bond donors (Lipinski definition) is 0. The first-order valence-corrected chi connectivity index (χ1v) is 8.44. The number of benzene rings is 2. The number of hydrogen-bond acceptors (Lipinski definition) is 6. The largest absolute Gasteiger partial charge is 0.493 e. The Morgan fingerprint density at radius 1 is 0.963 bits per heavy atom. The molecule has 2 rings (SSSR count). The minimum atomic E-state index is -0.925. The van der Waals surface area contributed by atoms with Crippen molar-refractivity contribution in [2.24, 2.45) is 0 Å². The molecular formula is C21H22O6. The number of esters is 1. The zero-order valence-corrected chi connectivity index (χ0v) is 15.8. The number of methoxy groups -OCH3 is 1. The van der Waals surface area contributed by atoms with E-state index in [4.69, 9.17) is 14.2 Å². The molecule has 0 aromatic heterocycles. The van der Waals surface area contributed by atoms with Gasteiger partial charge in [0.25, 0.3) is 0 Å². The standard InChI is InChI=1S/C21H22O6/c1-13-5-7-16(8-6-13)21(24)15(3)27-20(23)12-26-18-10-9-17(14(2)22)11-19(18)25-4/h5-11,15H,12H2,1-4H3/t15-/m1/s1. The normalized spacial score (nSPS) is 11.4. The van der Waals surface area contributed by atoms with Gasteiger partial charge >= 0.3 is 5.97 Å². The number of ketones is 2. The highest BCUT2D eigenvalue weighted by Crippen LogP contribution is 2.28. The Labute approximate surface area is 158 Å². The van der Waals surface area contributed by atoms with Gasteiger partial charge in [-0.1, -0.05) is 29.8 Å². The molecule has 0 bridgehead atoms. The Morgan fingerprint density at radius 2 is 1.59 bits per heavy atom. The van der Waals surface area contributed by atoms with Crippen LogP contribution in [0.4, 0.5) is 0 Å². The molecule has 2 aromatic rings. The Kier molecular flexibility index (Phi) is 6.71. The van der Waals surface area contributed by atoms with Crippen molar-refractivity contribution in [2.45, 2.75) is 26.9 Å². The van der Waals surface area contributed by atoms with Crippen LogP contribution in [0.15, 0.2) is 42.5 Å². The summed E-state index contributed by atoms with van der Waals surface area (Å²) in [6, 6.07) is 11.7. The molecule has 0 aliphatic rings. The summed E-state index contributed by atoms with van der Waals surface area (Å²) in [7, 11) is 1.44. The lowest BCUT2D eigenvalue weighted by Crippen LogP contribution is -2.27. The van der Waals surface area contributed by atoms with Crippen LogP contribution in [0.1, 0.15) is 40.1 Å². The molecule has 142 valence electrons. The first kappa shape index (κ1) is 20.2. The summed E-state index contributed by atoms with van der Waals surface area (Å²) in [6.45, 7) is 4.50. The molecule has 27 heavy (non-hydrogen) atoms. The van der Waals surface area contributed by atoms with Crippen molar-refractivity contribution in [3.63, 3.8) is 0 Å². The molecule has 1 atom stereocenters. The van der Waals surface area contributed by atoms with Crippen molar-refractivity contribution < 1.29 is 28.6 Å². The van der Waals surface area contributed by atoms with E-state index in [2.05, 4.69) is 0 Å². The van der Waals surface area contributed by atoms with E-state index in [1.807, 2.05) is 19.1 Å². The first-order chi connectivity index (χ1) is 12.8. The van der Waals surface area contributed by atoms with Gasteiger partial charge in [0.1, 0.15) is 0 Å². The molecule has 6 heteroatoms. The monoisotopic (exact) mass is 370 g/mol. The van der Waals surface area contributed by atoms with Gasteiger partial charge in [-0.3, -0.25) is 9.59 Å². The third-order valence-electron chi connectivity index (χ3n) is 3.93. The highest BCUT2D eigenvalue weighted by molar-refractivity contribution is 6.00. The lowest BCUT2D eigenvalue weighted by Gasteiger charge is -2.14. The molecule has 0 heterocycles. The summed E-state index contributed by atoms with van der Waals surface area (Å²) in [4.78, 5) is 35.7. The Hall–Kier alpha value is -3.15. The van der Waals surface area contributed by atoms with Crippen molar-refractivity contribution in [1.82, 2.24) is 0 Å². The molecule has 2 aromatic carbocycles. The van der Waals surface area contributed by atoms with E-state index in [-0.39, 0.29) is 18.2 Å². The van der Waals surface area contributed by atoms with Gasteiger partial charge in [-0.25, -0.2) is 4.79 Å². The SMILES string of the molecule is COc1cc(C(C)=O)ccc1OCC(=O)O[C@H](C)C(=O)c1ccc(C)cc1. The van der Waals surface area contributed by atoms with Crippen molar-refractivity contribution >= 4 is 17.5 Å². The van der Waals surface area contributed by atoms with Crippen LogP contribution in [0.5, 0.6) is 11.5 Å². The van der Waals surface area contributed by atoms with Crippen LogP contribution in [-0.2, 0) is 9.53 Å². The van der Waals surface area contributed by atoms with Crippen LogP contribution in [0.3, 0.4) is 0 Å². The predicted molar refractivity (Wildman–Crippen MR) is 99.6 cm³/mol. The zero-order chi connectivity index (χ0) is 20.0. The van der Waals surface area contributed by atoms with Gasteiger partial charge in [0.05, 0.1) is 7.11 Å². The van der Waals surface area contributed by atoms with E-state index in [0.29, 0.717) is 22.6 Å². The summed E-state index contributed by atoms with van der Waals surface area (Å²) in [6.07, 6.45) is -0.925. The van der Waals surface area contributed by atoms with Crippen LogP contribution in [0.25, 0.3) is 0 Å². The molecule has 0 amide bonds. The molecule has 0 N–H and O–H groups in total.